The maximum atomic E-state index is 13.8. The summed E-state index contributed by atoms with van der Waals surface area (Å²) in [5.41, 5.74) is 3.35. The van der Waals surface area contributed by atoms with Crippen LogP contribution in [0.15, 0.2) is 66.7 Å². The fraction of sp³-hybridized carbons (Fsp3) is 0.375. The van der Waals surface area contributed by atoms with Crippen molar-refractivity contribution in [2.75, 3.05) is 38.0 Å². The highest BCUT2D eigenvalue weighted by Gasteiger charge is 2.33. The lowest BCUT2D eigenvalue weighted by molar-refractivity contribution is -0.118. The second-order valence-electron chi connectivity index (χ2n) is 10.9. The number of hydrogen-bond donors (Lipinski definition) is 3. The Kier molecular flexibility index (Phi) is 8.94. The molecule has 1 aliphatic rings. The maximum Gasteiger partial charge on any atom is 0.270 e. The average Bonchev–Trinajstić information content (AvgIpc) is 3.42. The lowest BCUT2D eigenvalue weighted by Gasteiger charge is -2.44. The van der Waals surface area contributed by atoms with Gasteiger partial charge in [-0.25, -0.2) is 9.97 Å². The van der Waals surface area contributed by atoms with Gasteiger partial charge in [0.1, 0.15) is 17.2 Å². The van der Waals surface area contributed by atoms with Gasteiger partial charge in [-0.1, -0.05) is 60.7 Å². The first-order valence-electron chi connectivity index (χ1n) is 14.4. The van der Waals surface area contributed by atoms with E-state index in [2.05, 4.69) is 64.7 Å². The zero-order chi connectivity index (χ0) is 28.8. The molecule has 0 spiro atoms. The number of carbonyl (C=O) groups is 2. The van der Waals surface area contributed by atoms with Crippen LogP contribution in [0.5, 0.6) is 0 Å². The molecule has 1 saturated heterocycles. The van der Waals surface area contributed by atoms with E-state index in [0.717, 1.165) is 36.9 Å². The van der Waals surface area contributed by atoms with Gasteiger partial charge >= 0.3 is 0 Å². The van der Waals surface area contributed by atoms with E-state index in [1.54, 1.807) is 0 Å². The van der Waals surface area contributed by atoms with Crippen molar-refractivity contribution < 1.29 is 9.59 Å². The van der Waals surface area contributed by atoms with E-state index in [9.17, 15) is 9.59 Å². The van der Waals surface area contributed by atoms with Gasteiger partial charge < -0.3 is 20.5 Å². The average molecular weight is 554 g/mol. The standard InChI is InChI=1S/C32H39N7O2/c1-22-21-39(23(2)20-38(22)18-10-13-25-11-6-4-7-12-25)32(41)28-19-27-30(34-17-16-33-24(3)40)36-29(37-31(27)35-28)26-14-8-5-9-15-26/h4-9,11-12,14-15,19,22-23H,10,13,16-18,20-21H2,1-3H3,(H,33,40)(H2,34,35,36,37)/t22-,23+/m1/s1. The summed E-state index contributed by atoms with van der Waals surface area (Å²) < 4.78 is 0. The molecule has 5 rings (SSSR count). The van der Waals surface area contributed by atoms with Crippen LogP contribution in [0.1, 0.15) is 43.2 Å². The Hall–Kier alpha value is -4.24. The highest BCUT2D eigenvalue weighted by molar-refractivity contribution is 6.00. The predicted molar refractivity (Wildman–Crippen MR) is 163 cm³/mol. The minimum atomic E-state index is -0.0845. The number of piperazine rings is 1. The molecule has 41 heavy (non-hydrogen) atoms. The monoisotopic (exact) mass is 553 g/mol. The molecule has 2 amide bonds. The van der Waals surface area contributed by atoms with Crippen molar-refractivity contribution in [3.05, 3.63) is 78.0 Å². The SMILES string of the molecule is CC(=O)NCCNc1nc(-c2ccccc2)nc2[nH]c(C(=O)N3C[C@@H](C)N(CCCc4ccccc4)C[C@@H]3C)cc12. The lowest BCUT2D eigenvalue weighted by atomic mass is 10.1. The zero-order valence-electron chi connectivity index (χ0n) is 24.1. The third kappa shape index (κ3) is 6.92. The number of amides is 2. The van der Waals surface area contributed by atoms with Crippen LogP contribution in [-0.4, -0.2) is 81.4 Å². The molecule has 1 fully saturated rings. The number of nitrogens with one attached hydrogen (secondary N) is 3. The number of aryl methyl sites for hydroxylation is 1. The molecule has 2 aromatic heterocycles. The first-order valence-corrected chi connectivity index (χ1v) is 14.4. The fourth-order valence-corrected chi connectivity index (χ4v) is 5.47. The highest BCUT2D eigenvalue weighted by atomic mass is 16.2. The Morgan fingerprint density at radius 3 is 2.41 bits per heavy atom. The van der Waals surface area contributed by atoms with Gasteiger partial charge in [-0.2, -0.15) is 0 Å². The number of nitrogens with zero attached hydrogens (tertiary/aromatic N) is 4. The molecule has 2 aromatic carbocycles. The summed E-state index contributed by atoms with van der Waals surface area (Å²) in [6.45, 7) is 9.30. The van der Waals surface area contributed by atoms with Gasteiger partial charge in [-0.3, -0.25) is 14.5 Å². The van der Waals surface area contributed by atoms with Gasteiger partial charge in [0.25, 0.3) is 5.91 Å². The van der Waals surface area contributed by atoms with Crippen molar-refractivity contribution in [3.8, 4) is 11.4 Å². The van der Waals surface area contributed by atoms with E-state index in [1.807, 2.05) is 41.3 Å². The first kappa shape index (κ1) is 28.3. The molecule has 0 aliphatic carbocycles. The van der Waals surface area contributed by atoms with Crippen LogP contribution >= 0.6 is 0 Å². The van der Waals surface area contributed by atoms with Crippen molar-refractivity contribution in [1.82, 2.24) is 30.1 Å². The van der Waals surface area contributed by atoms with E-state index in [0.29, 0.717) is 42.6 Å². The molecule has 3 N–H and O–H groups in total. The number of aromatic nitrogens is 3. The molecule has 9 heteroatoms. The first-order chi connectivity index (χ1) is 19.9. The fourth-order valence-electron chi connectivity index (χ4n) is 5.47. The number of aromatic amines is 1. The molecule has 1 aliphatic heterocycles. The number of H-pyrrole nitrogens is 1. The van der Waals surface area contributed by atoms with Crippen molar-refractivity contribution in [3.63, 3.8) is 0 Å². The normalized spacial score (nSPS) is 17.5. The molecule has 0 saturated carbocycles. The third-order valence-corrected chi connectivity index (χ3v) is 7.67. The molecular formula is C32H39N7O2. The summed E-state index contributed by atoms with van der Waals surface area (Å²) in [5, 5.41) is 6.86. The van der Waals surface area contributed by atoms with Gasteiger partial charge in [-0.05, 0) is 44.9 Å². The van der Waals surface area contributed by atoms with Gasteiger partial charge in [0.2, 0.25) is 5.91 Å². The number of carbonyl (C=O) groups excluding carboxylic acids is 2. The number of benzene rings is 2. The van der Waals surface area contributed by atoms with Crippen molar-refractivity contribution in [2.45, 2.75) is 45.7 Å². The largest absolute Gasteiger partial charge is 0.368 e. The van der Waals surface area contributed by atoms with Gasteiger partial charge in [0.15, 0.2) is 5.82 Å². The van der Waals surface area contributed by atoms with Crippen LogP contribution in [0.4, 0.5) is 5.82 Å². The van der Waals surface area contributed by atoms with Crippen LogP contribution < -0.4 is 10.6 Å². The van der Waals surface area contributed by atoms with Crippen LogP contribution in [0.3, 0.4) is 0 Å². The molecule has 4 aromatic rings. The van der Waals surface area contributed by atoms with Crippen LogP contribution in [-0.2, 0) is 11.2 Å². The van der Waals surface area contributed by atoms with E-state index in [1.165, 1.54) is 12.5 Å². The Labute approximate surface area is 241 Å². The second-order valence-corrected chi connectivity index (χ2v) is 10.9. The van der Waals surface area contributed by atoms with Crippen LogP contribution in [0, 0.1) is 0 Å². The van der Waals surface area contributed by atoms with E-state index < -0.39 is 0 Å². The number of rotatable bonds is 10. The summed E-state index contributed by atoms with van der Waals surface area (Å²) in [6, 6.07) is 22.5. The van der Waals surface area contributed by atoms with Gasteiger partial charge in [0.05, 0.1) is 5.39 Å². The van der Waals surface area contributed by atoms with E-state index >= 15 is 0 Å². The number of anilines is 1. The Morgan fingerprint density at radius 2 is 1.68 bits per heavy atom. The Bertz CT molecular complexity index is 1470. The van der Waals surface area contributed by atoms with E-state index in [-0.39, 0.29) is 23.9 Å². The Balaban J connectivity index is 1.31. The summed E-state index contributed by atoms with van der Waals surface area (Å²) in [4.78, 5) is 42.4. The van der Waals surface area contributed by atoms with Crippen molar-refractivity contribution in [1.29, 1.82) is 0 Å². The topological polar surface area (TPSA) is 106 Å². The quantitative estimate of drug-likeness (QED) is 0.252. The van der Waals surface area contributed by atoms with Gasteiger partial charge in [0, 0.05) is 50.7 Å². The lowest BCUT2D eigenvalue weighted by Crippen LogP contribution is -2.58. The minimum absolute atomic E-state index is 0.0308. The number of fused-ring (bicyclic) bond motifs is 1. The summed E-state index contributed by atoms with van der Waals surface area (Å²) in [6.07, 6.45) is 2.15. The summed E-state index contributed by atoms with van der Waals surface area (Å²) in [7, 11) is 0. The molecule has 2 atom stereocenters. The van der Waals surface area contributed by atoms with Gasteiger partial charge in [-0.15, -0.1) is 0 Å². The molecular weight excluding hydrogens is 514 g/mol. The zero-order valence-corrected chi connectivity index (χ0v) is 24.1. The van der Waals surface area contributed by atoms with Crippen LogP contribution in [0.2, 0.25) is 0 Å². The van der Waals surface area contributed by atoms with Crippen molar-refractivity contribution in [2.24, 2.45) is 0 Å². The molecule has 9 nitrogen and oxygen atoms in total. The second kappa shape index (κ2) is 13.0. The maximum absolute atomic E-state index is 13.8. The highest BCUT2D eigenvalue weighted by Crippen LogP contribution is 2.27. The summed E-state index contributed by atoms with van der Waals surface area (Å²) in [5.74, 6) is 1.07. The molecule has 3 heterocycles. The molecule has 0 unspecified atom stereocenters. The third-order valence-electron chi connectivity index (χ3n) is 7.67. The van der Waals surface area contributed by atoms with E-state index in [4.69, 9.17) is 9.97 Å². The van der Waals surface area contributed by atoms with Crippen LogP contribution in [0.25, 0.3) is 22.4 Å². The molecule has 0 radical (unpaired) electrons. The summed E-state index contributed by atoms with van der Waals surface area (Å²) >= 11 is 0. The molecule has 0 bridgehead atoms. The molecule has 214 valence electrons. The predicted octanol–water partition coefficient (Wildman–Crippen LogP) is 4.34. The van der Waals surface area contributed by atoms with Crippen molar-refractivity contribution >= 4 is 28.7 Å². The minimum Gasteiger partial charge on any atom is -0.368 e. The number of hydrogen-bond acceptors (Lipinski definition) is 6. The Morgan fingerprint density at radius 1 is 0.951 bits per heavy atom. The smallest absolute Gasteiger partial charge is 0.270 e.